The Bertz CT molecular complexity index is 468. The van der Waals surface area contributed by atoms with Crippen LogP contribution >= 0.6 is 24.0 Å². The van der Waals surface area contributed by atoms with Crippen molar-refractivity contribution in [3.8, 4) is 0 Å². The van der Waals surface area contributed by atoms with Crippen molar-refractivity contribution in [2.45, 2.75) is 47.2 Å². The highest BCUT2D eigenvalue weighted by atomic mass is 127. The maximum Gasteiger partial charge on any atom is 0.194 e. The molecule has 1 aromatic rings. The molecule has 1 fully saturated rings. The fourth-order valence-electron chi connectivity index (χ4n) is 2.53. The number of hydrogen-bond donors (Lipinski definition) is 1. The summed E-state index contributed by atoms with van der Waals surface area (Å²) in [6.07, 6.45) is 2.97. The molecule has 6 nitrogen and oxygen atoms in total. The zero-order valence-electron chi connectivity index (χ0n) is 13.5. The van der Waals surface area contributed by atoms with E-state index in [2.05, 4.69) is 48.1 Å². The van der Waals surface area contributed by atoms with Crippen LogP contribution < -0.4 is 5.32 Å². The van der Waals surface area contributed by atoms with Crippen LogP contribution in [-0.4, -0.2) is 45.3 Å². The summed E-state index contributed by atoms with van der Waals surface area (Å²) in [7, 11) is 0. The predicted molar refractivity (Wildman–Crippen MR) is 95.9 cm³/mol. The first-order valence-corrected chi connectivity index (χ1v) is 7.45. The number of aliphatic imine (C=N–C) groups is 1. The van der Waals surface area contributed by atoms with E-state index in [1.807, 2.05) is 4.57 Å². The van der Waals surface area contributed by atoms with Crippen LogP contribution in [0, 0.1) is 5.41 Å². The van der Waals surface area contributed by atoms with Crippen LogP contribution in [0.2, 0.25) is 0 Å². The van der Waals surface area contributed by atoms with Gasteiger partial charge in [-0.1, -0.05) is 13.8 Å². The van der Waals surface area contributed by atoms with E-state index in [0.29, 0.717) is 12.0 Å². The van der Waals surface area contributed by atoms with Gasteiger partial charge in [-0.15, -0.1) is 34.2 Å². The molecule has 2 heterocycles. The lowest BCUT2D eigenvalue weighted by molar-refractivity contribution is 0.370. The Kier molecular flexibility index (Phi) is 6.89. The van der Waals surface area contributed by atoms with Gasteiger partial charge in [0.2, 0.25) is 0 Å². The maximum atomic E-state index is 4.72. The summed E-state index contributed by atoms with van der Waals surface area (Å²) in [5, 5.41) is 11.5. The van der Waals surface area contributed by atoms with Crippen LogP contribution in [0.4, 0.5) is 0 Å². The third-order valence-electron chi connectivity index (χ3n) is 3.72. The average Bonchev–Trinajstić information content (AvgIpc) is 3.00. The minimum absolute atomic E-state index is 0. The summed E-state index contributed by atoms with van der Waals surface area (Å²) in [6.45, 7) is 13.3. The fourth-order valence-corrected chi connectivity index (χ4v) is 2.53. The smallest absolute Gasteiger partial charge is 0.194 e. The lowest BCUT2D eigenvalue weighted by Gasteiger charge is -2.23. The average molecular weight is 406 g/mol. The molecule has 0 bridgehead atoms. The predicted octanol–water partition coefficient (Wildman–Crippen LogP) is 2.11. The molecule has 1 aliphatic heterocycles. The second-order valence-corrected chi connectivity index (χ2v) is 6.04. The van der Waals surface area contributed by atoms with Crippen molar-refractivity contribution in [2.75, 3.05) is 19.6 Å². The van der Waals surface area contributed by atoms with E-state index < -0.39 is 0 Å². The van der Waals surface area contributed by atoms with Gasteiger partial charge in [0.1, 0.15) is 12.9 Å². The highest BCUT2D eigenvalue weighted by Gasteiger charge is 2.30. The molecule has 0 amide bonds. The number of rotatable bonds is 4. The SMILES string of the molecule is CCNC(=NCc1nncn1CC)N1CCC(C)(C)C1.I. The Labute approximate surface area is 144 Å². The Hall–Kier alpha value is -0.860. The fraction of sp³-hybridized carbons (Fsp3) is 0.786. The Balaban J connectivity index is 0.00000220. The minimum Gasteiger partial charge on any atom is -0.357 e. The van der Waals surface area contributed by atoms with Gasteiger partial charge < -0.3 is 14.8 Å². The van der Waals surface area contributed by atoms with Crippen molar-refractivity contribution >= 4 is 29.9 Å². The molecule has 0 spiro atoms. The first-order valence-electron chi connectivity index (χ1n) is 7.45. The van der Waals surface area contributed by atoms with Gasteiger partial charge in [0.15, 0.2) is 11.8 Å². The molecule has 0 aromatic carbocycles. The number of nitrogens with zero attached hydrogens (tertiary/aromatic N) is 5. The van der Waals surface area contributed by atoms with Gasteiger partial charge in [-0.25, -0.2) is 4.99 Å². The zero-order valence-corrected chi connectivity index (χ0v) is 15.8. The van der Waals surface area contributed by atoms with Crippen LogP contribution in [0.3, 0.4) is 0 Å². The summed E-state index contributed by atoms with van der Waals surface area (Å²) in [5.41, 5.74) is 0.375. The summed E-state index contributed by atoms with van der Waals surface area (Å²) >= 11 is 0. The summed E-state index contributed by atoms with van der Waals surface area (Å²) in [4.78, 5) is 7.06. The van der Waals surface area contributed by atoms with E-state index in [1.54, 1.807) is 6.33 Å². The van der Waals surface area contributed by atoms with Crippen LogP contribution in [0.5, 0.6) is 0 Å². The van der Waals surface area contributed by atoms with Crippen LogP contribution in [-0.2, 0) is 13.1 Å². The van der Waals surface area contributed by atoms with Gasteiger partial charge in [-0.2, -0.15) is 0 Å². The Morgan fingerprint density at radius 3 is 2.76 bits per heavy atom. The third kappa shape index (κ3) is 4.82. The van der Waals surface area contributed by atoms with Gasteiger partial charge in [0, 0.05) is 26.2 Å². The van der Waals surface area contributed by atoms with E-state index in [-0.39, 0.29) is 24.0 Å². The number of likely N-dealkylation sites (tertiary alicyclic amines) is 1. The van der Waals surface area contributed by atoms with Gasteiger partial charge in [0.25, 0.3) is 0 Å². The molecule has 1 aliphatic rings. The van der Waals surface area contributed by atoms with Gasteiger partial charge in [-0.05, 0) is 25.7 Å². The van der Waals surface area contributed by atoms with Crippen molar-refractivity contribution in [1.82, 2.24) is 25.0 Å². The monoisotopic (exact) mass is 406 g/mol. The van der Waals surface area contributed by atoms with Crippen LogP contribution in [0.15, 0.2) is 11.3 Å². The number of aryl methyl sites for hydroxylation is 1. The van der Waals surface area contributed by atoms with E-state index in [0.717, 1.165) is 38.0 Å². The third-order valence-corrected chi connectivity index (χ3v) is 3.72. The summed E-state index contributed by atoms with van der Waals surface area (Å²) < 4.78 is 2.03. The van der Waals surface area contributed by atoms with Crippen molar-refractivity contribution in [2.24, 2.45) is 10.4 Å². The Morgan fingerprint density at radius 1 is 1.43 bits per heavy atom. The van der Waals surface area contributed by atoms with Crippen molar-refractivity contribution in [1.29, 1.82) is 0 Å². The standard InChI is InChI=1S/C14H26N6.HI/c1-5-15-13(20-8-7-14(3,4)10-20)16-9-12-18-17-11-19(12)6-2;/h11H,5-10H2,1-4H3,(H,15,16);1H. The number of guanidine groups is 1. The number of halogens is 1. The molecule has 1 N–H and O–H groups in total. The second kappa shape index (κ2) is 7.95. The van der Waals surface area contributed by atoms with Crippen molar-refractivity contribution in [3.63, 3.8) is 0 Å². The first kappa shape index (κ1) is 18.2. The van der Waals surface area contributed by atoms with Gasteiger partial charge in [0.05, 0.1) is 0 Å². The molecule has 0 saturated carbocycles. The molecule has 0 aliphatic carbocycles. The summed E-state index contributed by atoms with van der Waals surface area (Å²) in [6, 6.07) is 0. The Morgan fingerprint density at radius 2 is 2.19 bits per heavy atom. The molecule has 0 atom stereocenters. The normalized spacial score (nSPS) is 17.7. The lowest BCUT2D eigenvalue weighted by atomic mass is 9.93. The molecule has 2 rings (SSSR count). The molecule has 1 saturated heterocycles. The lowest BCUT2D eigenvalue weighted by Crippen LogP contribution is -2.40. The van der Waals surface area contributed by atoms with E-state index in [1.165, 1.54) is 6.42 Å². The molecule has 1 aromatic heterocycles. The molecular formula is C14H27IN6. The number of aromatic nitrogens is 3. The summed E-state index contributed by atoms with van der Waals surface area (Å²) in [5.74, 6) is 1.91. The quantitative estimate of drug-likeness (QED) is 0.473. The molecule has 120 valence electrons. The maximum absolute atomic E-state index is 4.72. The largest absolute Gasteiger partial charge is 0.357 e. The molecule has 21 heavy (non-hydrogen) atoms. The van der Waals surface area contributed by atoms with Crippen LogP contribution in [0.25, 0.3) is 0 Å². The highest BCUT2D eigenvalue weighted by Crippen LogP contribution is 2.28. The number of nitrogens with one attached hydrogen (secondary N) is 1. The molecule has 7 heteroatoms. The minimum atomic E-state index is 0. The first-order chi connectivity index (χ1) is 9.55. The highest BCUT2D eigenvalue weighted by molar-refractivity contribution is 14.0. The van der Waals surface area contributed by atoms with Gasteiger partial charge in [-0.3, -0.25) is 0 Å². The van der Waals surface area contributed by atoms with Crippen molar-refractivity contribution < 1.29 is 0 Å². The van der Waals surface area contributed by atoms with Gasteiger partial charge >= 0.3 is 0 Å². The zero-order chi connectivity index (χ0) is 14.6. The number of hydrogen-bond acceptors (Lipinski definition) is 3. The molecule has 0 unspecified atom stereocenters. The van der Waals surface area contributed by atoms with Crippen LogP contribution in [0.1, 0.15) is 39.9 Å². The van der Waals surface area contributed by atoms with E-state index in [9.17, 15) is 0 Å². The second-order valence-electron chi connectivity index (χ2n) is 6.04. The molecular weight excluding hydrogens is 379 g/mol. The molecule has 0 radical (unpaired) electrons. The van der Waals surface area contributed by atoms with E-state index in [4.69, 9.17) is 4.99 Å². The van der Waals surface area contributed by atoms with E-state index >= 15 is 0 Å². The van der Waals surface area contributed by atoms with Crippen molar-refractivity contribution in [3.05, 3.63) is 12.2 Å². The topological polar surface area (TPSA) is 58.3 Å².